The van der Waals surface area contributed by atoms with Crippen LogP contribution in [0.1, 0.15) is 58.4 Å². The molecule has 150 valence electrons. The Morgan fingerprint density at radius 1 is 1.19 bits per heavy atom. The molecule has 1 aromatic rings. The predicted molar refractivity (Wildman–Crippen MR) is 112 cm³/mol. The molecule has 0 bridgehead atoms. The highest BCUT2D eigenvalue weighted by Crippen LogP contribution is 2.47. The van der Waals surface area contributed by atoms with Gasteiger partial charge in [-0.3, -0.25) is 4.79 Å². The molecule has 0 unspecified atom stereocenters. The molecule has 2 fully saturated rings. The molecule has 4 heteroatoms. The van der Waals surface area contributed by atoms with Gasteiger partial charge in [0.05, 0.1) is 24.2 Å². The largest absolute Gasteiger partial charge is 0.414 e. The van der Waals surface area contributed by atoms with Gasteiger partial charge in [-0.15, -0.1) is 0 Å². The first kappa shape index (κ1) is 20.8. The average Bonchev–Trinajstić information content (AvgIpc) is 2.61. The van der Waals surface area contributed by atoms with Crippen molar-refractivity contribution in [2.24, 2.45) is 5.41 Å². The molecule has 0 aromatic heterocycles. The molecule has 1 saturated heterocycles. The summed E-state index contributed by atoms with van der Waals surface area (Å²) in [4.78, 5) is 13.0. The summed E-state index contributed by atoms with van der Waals surface area (Å²) in [7, 11) is -1.77. The number of carbonyl (C=O) groups excluding carboxylic acids is 1. The lowest BCUT2D eigenvalue weighted by atomic mass is 9.63. The zero-order valence-corrected chi connectivity index (χ0v) is 18.7. The van der Waals surface area contributed by atoms with E-state index in [1.165, 1.54) is 5.56 Å². The minimum atomic E-state index is -1.77. The van der Waals surface area contributed by atoms with Crippen molar-refractivity contribution < 1.29 is 14.0 Å². The van der Waals surface area contributed by atoms with Gasteiger partial charge in [0.2, 0.25) is 0 Å². The fraction of sp³-hybridized carbons (Fsp3) is 0.696. The van der Waals surface area contributed by atoms with Crippen LogP contribution in [0.25, 0.3) is 0 Å². The predicted octanol–water partition coefficient (Wildman–Crippen LogP) is 5.54. The van der Waals surface area contributed by atoms with E-state index in [9.17, 15) is 4.79 Å². The topological polar surface area (TPSA) is 35.5 Å². The molecule has 1 aliphatic heterocycles. The van der Waals surface area contributed by atoms with Gasteiger partial charge in [-0.1, -0.05) is 51.1 Å². The van der Waals surface area contributed by atoms with Crippen LogP contribution in [0.15, 0.2) is 30.3 Å². The van der Waals surface area contributed by atoms with E-state index in [4.69, 9.17) is 9.16 Å². The second kappa shape index (κ2) is 7.80. The van der Waals surface area contributed by atoms with Crippen molar-refractivity contribution in [3.63, 3.8) is 0 Å². The van der Waals surface area contributed by atoms with Gasteiger partial charge >= 0.3 is 0 Å². The zero-order valence-electron chi connectivity index (χ0n) is 17.7. The molecular formula is C23H36O3Si. The molecule has 2 aliphatic rings. The summed E-state index contributed by atoms with van der Waals surface area (Å²) in [6, 6.07) is 10.4. The van der Waals surface area contributed by atoms with Crippen molar-refractivity contribution in [2.45, 2.75) is 89.6 Å². The highest BCUT2D eigenvalue weighted by atomic mass is 28.4. The fourth-order valence-corrected chi connectivity index (χ4v) is 5.31. The van der Waals surface area contributed by atoms with Crippen LogP contribution in [0.2, 0.25) is 18.1 Å². The van der Waals surface area contributed by atoms with Gasteiger partial charge in [-0.05, 0) is 55.8 Å². The molecule has 0 amide bonds. The van der Waals surface area contributed by atoms with E-state index >= 15 is 0 Å². The van der Waals surface area contributed by atoms with E-state index in [0.717, 1.165) is 32.1 Å². The molecular weight excluding hydrogens is 352 g/mol. The van der Waals surface area contributed by atoms with Crippen molar-refractivity contribution in [1.29, 1.82) is 0 Å². The third kappa shape index (κ3) is 4.38. The summed E-state index contributed by atoms with van der Waals surface area (Å²) in [5.74, 6) is 0.409. The van der Waals surface area contributed by atoms with Gasteiger partial charge in [0.25, 0.3) is 0 Å². The van der Waals surface area contributed by atoms with Gasteiger partial charge in [-0.25, -0.2) is 0 Å². The monoisotopic (exact) mass is 388 g/mol. The van der Waals surface area contributed by atoms with E-state index in [-0.39, 0.29) is 22.7 Å². The van der Waals surface area contributed by atoms with Crippen LogP contribution in [0.4, 0.5) is 0 Å². The lowest BCUT2D eigenvalue weighted by molar-refractivity contribution is -0.172. The smallest absolute Gasteiger partial charge is 0.192 e. The molecule has 27 heavy (non-hydrogen) atoms. The number of hydrogen-bond acceptors (Lipinski definition) is 3. The molecule has 3 atom stereocenters. The van der Waals surface area contributed by atoms with E-state index in [1.54, 1.807) is 0 Å². The van der Waals surface area contributed by atoms with Crippen LogP contribution in [-0.4, -0.2) is 32.9 Å². The number of Topliss-reactive ketones (excluding diaryl/α,β-unsaturated/α-hetero) is 1. The molecule has 0 N–H and O–H groups in total. The molecule has 3 rings (SSSR count). The lowest BCUT2D eigenvalue weighted by Crippen LogP contribution is -2.54. The molecule has 1 saturated carbocycles. The Labute approximate surface area is 166 Å². The molecule has 1 heterocycles. The number of carbonyl (C=O) groups is 1. The Morgan fingerprint density at radius 2 is 1.89 bits per heavy atom. The molecule has 1 aliphatic carbocycles. The van der Waals surface area contributed by atoms with Crippen molar-refractivity contribution in [3.8, 4) is 0 Å². The molecule has 1 aromatic carbocycles. The van der Waals surface area contributed by atoms with Gasteiger partial charge < -0.3 is 9.16 Å². The standard InChI is InChI=1S/C23H36O3Si/c1-22(2,3)27(4,5)25-17-19-14-15-23(16-18-10-7-6-8-11-18)20(24)12-9-13-21(23)26-19/h6-8,10-11,19,21H,9,12-17H2,1-5H3/t19-,21-,23-/m0/s1. The van der Waals surface area contributed by atoms with E-state index in [2.05, 4.69) is 58.1 Å². The number of fused-ring (bicyclic) bond motifs is 1. The number of rotatable bonds is 5. The number of ketones is 1. The maximum Gasteiger partial charge on any atom is 0.192 e. The van der Waals surface area contributed by atoms with Crippen molar-refractivity contribution in [3.05, 3.63) is 35.9 Å². The Morgan fingerprint density at radius 3 is 2.56 bits per heavy atom. The first-order valence-electron chi connectivity index (χ1n) is 10.5. The highest BCUT2D eigenvalue weighted by Gasteiger charge is 2.51. The molecule has 0 spiro atoms. The van der Waals surface area contributed by atoms with Crippen LogP contribution in [-0.2, 0) is 20.4 Å². The highest BCUT2D eigenvalue weighted by molar-refractivity contribution is 6.74. The van der Waals surface area contributed by atoms with Crippen molar-refractivity contribution in [2.75, 3.05) is 6.61 Å². The zero-order chi connectivity index (χ0) is 19.7. The van der Waals surface area contributed by atoms with E-state index in [1.807, 2.05) is 6.07 Å². The first-order chi connectivity index (χ1) is 12.6. The summed E-state index contributed by atoms with van der Waals surface area (Å²) in [5, 5.41) is 0.208. The van der Waals surface area contributed by atoms with Crippen molar-refractivity contribution >= 4 is 14.1 Å². The van der Waals surface area contributed by atoms with Crippen LogP contribution >= 0.6 is 0 Å². The third-order valence-electron chi connectivity index (χ3n) is 7.11. The van der Waals surface area contributed by atoms with Gasteiger partial charge in [0.15, 0.2) is 8.32 Å². The van der Waals surface area contributed by atoms with Crippen LogP contribution in [0, 0.1) is 5.41 Å². The van der Waals surface area contributed by atoms with Gasteiger partial charge in [0, 0.05) is 6.42 Å². The second-order valence-corrected chi connectivity index (χ2v) is 14.8. The number of benzene rings is 1. The number of ether oxygens (including phenoxy) is 1. The summed E-state index contributed by atoms with van der Waals surface area (Å²) in [5.41, 5.74) is 0.921. The SMILES string of the molecule is CC(C)(C)[Si](C)(C)OC[C@@H]1CC[C@]2(Cc3ccccc3)C(=O)CCC[C@@H]2O1. The lowest BCUT2D eigenvalue weighted by Gasteiger charge is -2.49. The van der Waals surface area contributed by atoms with Crippen LogP contribution in [0.5, 0.6) is 0 Å². The second-order valence-electron chi connectivity index (χ2n) is 9.99. The Hall–Kier alpha value is -0.973. The van der Waals surface area contributed by atoms with Gasteiger partial charge in [-0.2, -0.15) is 0 Å². The Kier molecular flexibility index (Phi) is 6.00. The summed E-state index contributed by atoms with van der Waals surface area (Å²) >= 11 is 0. The Bertz CT molecular complexity index is 649. The Balaban J connectivity index is 1.69. The van der Waals surface area contributed by atoms with Crippen molar-refractivity contribution in [1.82, 2.24) is 0 Å². The minimum Gasteiger partial charge on any atom is -0.414 e. The number of hydrogen-bond donors (Lipinski definition) is 0. The maximum absolute atomic E-state index is 13.0. The maximum atomic E-state index is 13.0. The third-order valence-corrected chi connectivity index (χ3v) is 11.6. The fourth-order valence-electron chi connectivity index (χ4n) is 4.27. The summed E-state index contributed by atoms with van der Waals surface area (Å²) < 4.78 is 12.9. The molecule has 3 nitrogen and oxygen atoms in total. The van der Waals surface area contributed by atoms with E-state index < -0.39 is 8.32 Å². The quantitative estimate of drug-likeness (QED) is 0.621. The van der Waals surface area contributed by atoms with Crippen LogP contribution < -0.4 is 0 Å². The van der Waals surface area contributed by atoms with Gasteiger partial charge in [0.1, 0.15) is 5.78 Å². The van der Waals surface area contributed by atoms with E-state index in [0.29, 0.717) is 18.8 Å². The summed E-state index contributed by atoms with van der Waals surface area (Å²) in [6.07, 6.45) is 5.48. The normalized spacial score (nSPS) is 29.4. The molecule has 0 radical (unpaired) electrons. The minimum absolute atomic E-state index is 0.0423. The first-order valence-corrected chi connectivity index (χ1v) is 13.4. The summed E-state index contributed by atoms with van der Waals surface area (Å²) in [6.45, 7) is 12.1. The average molecular weight is 389 g/mol. The van der Waals surface area contributed by atoms with Crippen LogP contribution in [0.3, 0.4) is 0 Å².